The summed E-state index contributed by atoms with van der Waals surface area (Å²) in [5.74, 6) is 1.24. The quantitative estimate of drug-likeness (QED) is 0.641. The number of hydrogen-bond acceptors (Lipinski definition) is 4. The second-order valence-electron chi connectivity index (χ2n) is 4.64. The van der Waals surface area contributed by atoms with Crippen LogP contribution in [0.3, 0.4) is 0 Å². The van der Waals surface area contributed by atoms with Crippen molar-refractivity contribution in [3.63, 3.8) is 0 Å². The summed E-state index contributed by atoms with van der Waals surface area (Å²) in [6, 6.07) is 11.5. The minimum atomic E-state index is -0.387. The summed E-state index contributed by atoms with van der Waals surface area (Å²) in [5, 5.41) is 9.32. The fraction of sp³-hybridized carbons (Fsp3) is 0.118. The van der Waals surface area contributed by atoms with Gasteiger partial charge >= 0.3 is 0 Å². The maximum Gasteiger partial charge on any atom is 0.231 e. The predicted octanol–water partition coefficient (Wildman–Crippen LogP) is 3.63. The minimum absolute atomic E-state index is 0.133. The van der Waals surface area contributed by atoms with Crippen molar-refractivity contribution >= 4 is 11.6 Å². The van der Waals surface area contributed by atoms with E-state index < -0.39 is 0 Å². The molecule has 0 bridgehead atoms. The third kappa shape index (κ3) is 2.59. The van der Waals surface area contributed by atoms with Crippen LogP contribution in [0, 0.1) is 17.1 Å². The smallest absolute Gasteiger partial charge is 0.231 e. The molecule has 0 amide bonds. The van der Waals surface area contributed by atoms with Crippen molar-refractivity contribution in [2.45, 2.75) is 0 Å². The van der Waals surface area contributed by atoms with E-state index in [0.29, 0.717) is 33.9 Å². The lowest BCUT2D eigenvalue weighted by Gasteiger charge is -2.06. The van der Waals surface area contributed by atoms with Crippen molar-refractivity contribution in [3.8, 4) is 23.3 Å². The predicted molar refractivity (Wildman–Crippen MR) is 79.0 cm³/mol. The molecule has 1 aliphatic rings. The van der Waals surface area contributed by atoms with E-state index in [9.17, 15) is 9.65 Å². The number of hydrogen-bond donors (Lipinski definition) is 0. The molecule has 0 N–H and O–H groups in total. The Morgan fingerprint density at radius 3 is 2.91 bits per heavy atom. The Kier molecular flexibility index (Phi) is 3.67. The molecule has 0 saturated carbocycles. The number of rotatable bonds is 3. The van der Waals surface area contributed by atoms with Crippen LogP contribution in [-0.4, -0.2) is 13.9 Å². The van der Waals surface area contributed by atoms with Gasteiger partial charge in [0.05, 0.1) is 18.8 Å². The highest BCUT2D eigenvalue weighted by Gasteiger charge is 2.19. The van der Waals surface area contributed by atoms with Gasteiger partial charge in [-0.15, -0.1) is 0 Å². The number of methoxy groups -OCH3 is 1. The Labute approximate surface area is 127 Å². The Bertz CT molecular complexity index is 793. The van der Waals surface area contributed by atoms with Gasteiger partial charge in [-0.25, -0.2) is 4.39 Å². The normalized spacial score (nSPS) is 12.9. The summed E-state index contributed by atoms with van der Waals surface area (Å²) < 4.78 is 29.2. The number of halogens is 1. The van der Waals surface area contributed by atoms with Crippen LogP contribution in [0.15, 0.2) is 36.4 Å². The van der Waals surface area contributed by atoms with Crippen LogP contribution < -0.4 is 14.2 Å². The van der Waals surface area contributed by atoms with E-state index in [1.807, 2.05) is 0 Å². The van der Waals surface area contributed by atoms with E-state index >= 15 is 0 Å². The highest BCUT2D eigenvalue weighted by Crippen LogP contribution is 2.42. The lowest BCUT2D eigenvalue weighted by molar-refractivity contribution is 0.171. The monoisotopic (exact) mass is 297 g/mol. The van der Waals surface area contributed by atoms with Crippen molar-refractivity contribution in [2.75, 3.05) is 13.9 Å². The summed E-state index contributed by atoms with van der Waals surface area (Å²) in [5.41, 5.74) is 1.57. The molecule has 0 unspecified atom stereocenters. The summed E-state index contributed by atoms with van der Waals surface area (Å²) >= 11 is 0. The van der Waals surface area contributed by atoms with Crippen LogP contribution in [0.5, 0.6) is 17.2 Å². The molecule has 0 aliphatic carbocycles. The first-order valence-corrected chi connectivity index (χ1v) is 6.56. The number of benzene rings is 2. The maximum atomic E-state index is 13.3. The topological polar surface area (TPSA) is 51.5 Å². The van der Waals surface area contributed by atoms with E-state index in [0.717, 1.165) is 0 Å². The van der Waals surface area contributed by atoms with Crippen molar-refractivity contribution in [1.82, 2.24) is 0 Å². The molecule has 5 heteroatoms. The summed E-state index contributed by atoms with van der Waals surface area (Å²) in [6.45, 7) is 0.133. The maximum absolute atomic E-state index is 13.3. The van der Waals surface area contributed by atoms with Gasteiger partial charge in [0.25, 0.3) is 0 Å². The van der Waals surface area contributed by atoms with Gasteiger partial charge in [0.2, 0.25) is 12.5 Å². The third-order valence-electron chi connectivity index (χ3n) is 3.25. The van der Waals surface area contributed by atoms with Crippen molar-refractivity contribution in [1.29, 1.82) is 5.26 Å². The van der Waals surface area contributed by atoms with E-state index in [4.69, 9.17) is 14.2 Å². The lowest BCUT2D eigenvalue weighted by atomic mass is 10.0. The van der Waals surface area contributed by atoms with Gasteiger partial charge in [0.1, 0.15) is 5.82 Å². The van der Waals surface area contributed by atoms with E-state index in [1.54, 1.807) is 30.3 Å². The van der Waals surface area contributed by atoms with Gasteiger partial charge in [-0.3, -0.25) is 0 Å². The number of nitrogens with zero attached hydrogens (tertiary/aromatic N) is 1. The molecule has 0 spiro atoms. The molecule has 0 atom stereocenters. The van der Waals surface area contributed by atoms with Crippen LogP contribution in [0.2, 0.25) is 0 Å². The SMILES string of the molecule is COc1cc(/C=C(/C#N)c2cccc(F)c2)cc2c1OCO2. The zero-order chi connectivity index (χ0) is 15.5. The molecule has 2 aromatic rings. The average Bonchev–Trinajstić information content (AvgIpc) is 3.00. The number of allylic oxidation sites excluding steroid dienone is 1. The molecule has 0 radical (unpaired) electrons. The zero-order valence-electron chi connectivity index (χ0n) is 11.8. The second kappa shape index (κ2) is 5.78. The van der Waals surface area contributed by atoms with Crippen molar-refractivity contribution in [3.05, 3.63) is 53.3 Å². The molecule has 0 aromatic heterocycles. The van der Waals surface area contributed by atoms with Crippen LogP contribution in [0.4, 0.5) is 4.39 Å². The zero-order valence-corrected chi connectivity index (χ0v) is 11.8. The van der Waals surface area contributed by atoms with Gasteiger partial charge < -0.3 is 14.2 Å². The van der Waals surface area contributed by atoms with Gasteiger partial charge in [-0.2, -0.15) is 5.26 Å². The van der Waals surface area contributed by atoms with Crippen molar-refractivity contribution < 1.29 is 18.6 Å². The molecule has 2 aromatic carbocycles. The minimum Gasteiger partial charge on any atom is -0.493 e. The summed E-state index contributed by atoms with van der Waals surface area (Å²) in [6.07, 6.45) is 1.65. The molecule has 1 heterocycles. The molecule has 110 valence electrons. The van der Waals surface area contributed by atoms with Crippen LogP contribution in [0.25, 0.3) is 11.6 Å². The van der Waals surface area contributed by atoms with Gasteiger partial charge in [-0.1, -0.05) is 12.1 Å². The van der Waals surface area contributed by atoms with Crippen LogP contribution in [0.1, 0.15) is 11.1 Å². The summed E-state index contributed by atoms with van der Waals surface area (Å²) in [4.78, 5) is 0. The lowest BCUT2D eigenvalue weighted by Crippen LogP contribution is -1.93. The summed E-state index contributed by atoms with van der Waals surface area (Å²) in [7, 11) is 1.53. The molecular formula is C17H12FNO3. The second-order valence-corrected chi connectivity index (χ2v) is 4.64. The number of nitriles is 1. The van der Waals surface area contributed by atoms with Gasteiger partial charge in [-0.05, 0) is 41.5 Å². The Morgan fingerprint density at radius 2 is 2.18 bits per heavy atom. The molecule has 3 rings (SSSR count). The number of ether oxygens (including phenoxy) is 3. The Balaban J connectivity index is 2.05. The van der Waals surface area contributed by atoms with Crippen molar-refractivity contribution in [2.24, 2.45) is 0 Å². The highest BCUT2D eigenvalue weighted by molar-refractivity contribution is 5.90. The fourth-order valence-electron chi connectivity index (χ4n) is 2.24. The molecule has 0 saturated heterocycles. The van der Waals surface area contributed by atoms with Crippen LogP contribution in [-0.2, 0) is 0 Å². The standard InChI is InChI=1S/C17H12FNO3/c1-20-15-6-11(7-16-17(15)22-10-21-16)5-13(9-19)12-3-2-4-14(18)8-12/h2-8H,10H2,1H3/b13-5-. The largest absolute Gasteiger partial charge is 0.493 e. The van der Waals surface area contributed by atoms with Crippen LogP contribution >= 0.6 is 0 Å². The molecule has 22 heavy (non-hydrogen) atoms. The Hall–Kier alpha value is -3.00. The average molecular weight is 297 g/mol. The van der Waals surface area contributed by atoms with Gasteiger partial charge in [0, 0.05) is 0 Å². The van der Waals surface area contributed by atoms with E-state index in [-0.39, 0.29) is 12.6 Å². The molecular weight excluding hydrogens is 285 g/mol. The first kappa shape index (κ1) is 14.0. The molecule has 1 aliphatic heterocycles. The Morgan fingerprint density at radius 1 is 1.32 bits per heavy atom. The molecule has 4 nitrogen and oxygen atoms in total. The highest BCUT2D eigenvalue weighted by atomic mass is 19.1. The fourth-order valence-corrected chi connectivity index (χ4v) is 2.24. The first-order valence-electron chi connectivity index (χ1n) is 6.56. The first-order chi connectivity index (χ1) is 10.7. The van der Waals surface area contributed by atoms with E-state index in [1.165, 1.54) is 19.2 Å². The third-order valence-corrected chi connectivity index (χ3v) is 3.25. The molecule has 0 fully saturated rings. The van der Waals surface area contributed by atoms with Gasteiger partial charge in [0.15, 0.2) is 11.5 Å². The van der Waals surface area contributed by atoms with E-state index in [2.05, 4.69) is 6.07 Å². The number of fused-ring (bicyclic) bond motifs is 1.